The first-order valence-electron chi connectivity index (χ1n) is 9.96. The number of benzene rings is 2. The summed E-state index contributed by atoms with van der Waals surface area (Å²) in [7, 11) is 0. The molecule has 1 unspecified atom stereocenters. The third-order valence-electron chi connectivity index (χ3n) is 4.96. The molecule has 1 atom stereocenters. The van der Waals surface area contributed by atoms with Crippen LogP contribution < -0.4 is 4.74 Å². The monoisotopic (exact) mass is 442 g/mol. The maximum Gasteiger partial charge on any atom is 0.235 e. The fourth-order valence-electron chi connectivity index (χ4n) is 3.41. The molecule has 1 aliphatic heterocycles. The normalized spacial score (nSPS) is 14.7. The summed E-state index contributed by atoms with van der Waals surface area (Å²) >= 11 is 7.63. The Hall–Kier alpha value is -2.51. The van der Waals surface area contributed by atoms with Crippen LogP contribution in [-0.2, 0) is 11.4 Å². The number of ether oxygens (including phenoxy) is 1. The first-order valence-corrected chi connectivity index (χ1v) is 11.2. The van der Waals surface area contributed by atoms with Gasteiger partial charge in [0, 0.05) is 18.8 Å². The maximum absolute atomic E-state index is 12.8. The third kappa shape index (κ3) is 4.63. The Kier molecular flexibility index (Phi) is 6.59. The van der Waals surface area contributed by atoms with Gasteiger partial charge in [-0.15, -0.1) is 10.2 Å². The lowest BCUT2D eigenvalue weighted by atomic mass is 10.3. The minimum Gasteiger partial charge on any atom is -0.484 e. The smallest absolute Gasteiger partial charge is 0.235 e. The van der Waals surface area contributed by atoms with E-state index in [2.05, 4.69) is 10.2 Å². The highest BCUT2D eigenvalue weighted by Gasteiger charge is 2.26. The van der Waals surface area contributed by atoms with Crippen LogP contribution in [0.1, 0.15) is 25.6 Å². The zero-order valence-electron chi connectivity index (χ0n) is 16.7. The molecule has 3 aromatic rings. The molecule has 2 heterocycles. The second kappa shape index (κ2) is 9.53. The second-order valence-corrected chi connectivity index (χ2v) is 8.80. The largest absolute Gasteiger partial charge is 0.484 e. The Labute approximate surface area is 185 Å². The van der Waals surface area contributed by atoms with Crippen LogP contribution in [0.2, 0.25) is 5.02 Å². The molecule has 30 heavy (non-hydrogen) atoms. The molecule has 0 aliphatic carbocycles. The minimum absolute atomic E-state index is 0.147. The van der Waals surface area contributed by atoms with Gasteiger partial charge < -0.3 is 9.64 Å². The van der Waals surface area contributed by atoms with Gasteiger partial charge in [-0.05, 0) is 44.0 Å². The number of para-hydroxylation sites is 2. The van der Waals surface area contributed by atoms with Gasteiger partial charge >= 0.3 is 0 Å². The Morgan fingerprint density at radius 1 is 1.10 bits per heavy atom. The molecule has 6 nitrogen and oxygen atoms in total. The lowest BCUT2D eigenvalue weighted by Gasteiger charge is -2.20. The lowest BCUT2D eigenvalue weighted by Crippen LogP contribution is -2.34. The van der Waals surface area contributed by atoms with Crippen LogP contribution in [0.4, 0.5) is 0 Å². The molecule has 2 aromatic carbocycles. The predicted molar refractivity (Wildman–Crippen MR) is 118 cm³/mol. The van der Waals surface area contributed by atoms with E-state index in [1.165, 1.54) is 11.8 Å². The van der Waals surface area contributed by atoms with Crippen molar-refractivity contribution < 1.29 is 9.53 Å². The molecule has 0 spiro atoms. The number of hydrogen-bond donors (Lipinski definition) is 0. The van der Waals surface area contributed by atoms with E-state index in [4.69, 9.17) is 16.3 Å². The third-order valence-corrected chi connectivity index (χ3v) is 6.30. The van der Waals surface area contributed by atoms with Crippen LogP contribution in [0.5, 0.6) is 5.75 Å². The summed E-state index contributed by atoms with van der Waals surface area (Å²) in [5.41, 5.74) is 0.920. The number of likely N-dealkylation sites (tertiary alicyclic amines) is 1. The van der Waals surface area contributed by atoms with Gasteiger partial charge in [-0.25, -0.2) is 0 Å². The van der Waals surface area contributed by atoms with Crippen molar-refractivity contribution in [2.75, 3.05) is 13.1 Å². The zero-order valence-corrected chi connectivity index (χ0v) is 18.3. The van der Waals surface area contributed by atoms with Crippen LogP contribution in [0.3, 0.4) is 0 Å². The van der Waals surface area contributed by atoms with Crippen molar-refractivity contribution in [2.24, 2.45) is 0 Å². The number of halogens is 1. The summed E-state index contributed by atoms with van der Waals surface area (Å²) in [6.07, 6.45) is 2.15. The van der Waals surface area contributed by atoms with Crippen LogP contribution in [-0.4, -0.2) is 43.9 Å². The number of aromatic nitrogens is 3. The Bertz CT molecular complexity index is 1010. The van der Waals surface area contributed by atoms with Gasteiger partial charge in [-0.2, -0.15) is 0 Å². The van der Waals surface area contributed by atoms with E-state index in [1.54, 1.807) is 6.07 Å². The molecule has 1 saturated heterocycles. The number of carbonyl (C=O) groups excluding carboxylic acids is 1. The number of carbonyl (C=O) groups is 1. The Balaban J connectivity index is 1.57. The molecule has 4 rings (SSSR count). The molecule has 1 aliphatic rings. The van der Waals surface area contributed by atoms with Crippen molar-refractivity contribution in [3.8, 4) is 11.4 Å². The number of hydrogen-bond acceptors (Lipinski definition) is 5. The van der Waals surface area contributed by atoms with Crippen LogP contribution in [0.15, 0.2) is 59.8 Å². The molecule has 0 N–H and O–H groups in total. The summed E-state index contributed by atoms with van der Waals surface area (Å²) in [5, 5.41) is 9.68. The van der Waals surface area contributed by atoms with Crippen LogP contribution in [0.25, 0.3) is 5.69 Å². The van der Waals surface area contributed by atoms with Gasteiger partial charge in [0.05, 0.1) is 10.3 Å². The highest BCUT2D eigenvalue weighted by Crippen LogP contribution is 2.29. The van der Waals surface area contributed by atoms with Gasteiger partial charge in [-0.1, -0.05) is 53.7 Å². The fraction of sp³-hybridized carbons (Fsp3) is 0.318. The summed E-state index contributed by atoms with van der Waals surface area (Å²) in [6, 6.07) is 17.2. The second-order valence-electron chi connectivity index (χ2n) is 7.08. The van der Waals surface area contributed by atoms with Gasteiger partial charge in [0.1, 0.15) is 12.4 Å². The predicted octanol–water partition coefficient (Wildman–Crippen LogP) is 4.60. The summed E-state index contributed by atoms with van der Waals surface area (Å²) < 4.78 is 7.83. The van der Waals surface area contributed by atoms with E-state index in [1.807, 2.05) is 64.9 Å². The SMILES string of the molecule is CC(Sc1nnc(COc2ccccc2Cl)n1-c1ccccc1)C(=O)N1CCCC1. The summed E-state index contributed by atoms with van der Waals surface area (Å²) in [6.45, 7) is 3.81. The van der Waals surface area contributed by atoms with Gasteiger partial charge in [0.2, 0.25) is 5.91 Å². The molecule has 0 saturated carbocycles. The van der Waals surface area contributed by atoms with Crippen molar-refractivity contribution in [1.82, 2.24) is 19.7 Å². The molecule has 156 valence electrons. The van der Waals surface area contributed by atoms with E-state index in [0.29, 0.717) is 21.8 Å². The Morgan fingerprint density at radius 3 is 2.53 bits per heavy atom. The highest BCUT2D eigenvalue weighted by molar-refractivity contribution is 8.00. The van der Waals surface area contributed by atoms with Crippen molar-refractivity contribution in [3.63, 3.8) is 0 Å². The summed E-state index contributed by atoms with van der Waals surface area (Å²) in [4.78, 5) is 14.7. The van der Waals surface area contributed by atoms with Crippen molar-refractivity contribution >= 4 is 29.3 Å². The minimum atomic E-state index is -0.243. The molecule has 1 amide bonds. The standard InChI is InChI=1S/C22H23ClN4O2S/c1-16(21(28)26-13-7-8-14-26)30-22-25-24-20(27(22)17-9-3-2-4-10-17)15-29-19-12-6-5-11-18(19)23/h2-6,9-12,16H,7-8,13-15H2,1H3. The average Bonchev–Trinajstić information content (AvgIpc) is 3.43. The fourth-order valence-corrected chi connectivity index (χ4v) is 4.57. The zero-order chi connectivity index (χ0) is 20.9. The molecule has 1 aromatic heterocycles. The average molecular weight is 443 g/mol. The van der Waals surface area contributed by atoms with Crippen LogP contribution >= 0.6 is 23.4 Å². The van der Waals surface area contributed by atoms with Crippen molar-refractivity contribution in [1.29, 1.82) is 0 Å². The molecule has 0 radical (unpaired) electrons. The topological polar surface area (TPSA) is 60.3 Å². The number of rotatable bonds is 7. The number of thioether (sulfide) groups is 1. The number of nitrogens with zero attached hydrogens (tertiary/aromatic N) is 4. The molecular formula is C22H23ClN4O2S. The molecular weight excluding hydrogens is 420 g/mol. The van der Waals surface area contributed by atoms with E-state index >= 15 is 0 Å². The van der Waals surface area contributed by atoms with E-state index < -0.39 is 0 Å². The highest BCUT2D eigenvalue weighted by atomic mass is 35.5. The number of amides is 1. The van der Waals surface area contributed by atoms with E-state index in [0.717, 1.165) is 31.6 Å². The molecule has 1 fully saturated rings. The van der Waals surface area contributed by atoms with E-state index in [9.17, 15) is 4.79 Å². The summed E-state index contributed by atoms with van der Waals surface area (Å²) in [5.74, 6) is 1.38. The van der Waals surface area contributed by atoms with Gasteiger partial charge in [0.15, 0.2) is 11.0 Å². The van der Waals surface area contributed by atoms with Crippen LogP contribution in [0, 0.1) is 0 Å². The van der Waals surface area contributed by atoms with Gasteiger partial charge in [0.25, 0.3) is 0 Å². The van der Waals surface area contributed by atoms with Gasteiger partial charge in [-0.3, -0.25) is 9.36 Å². The molecule has 0 bridgehead atoms. The first kappa shape index (κ1) is 20.8. The first-order chi connectivity index (χ1) is 14.6. The van der Waals surface area contributed by atoms with Crippen molar-refractivity contribution in [2.45, 2.75) is 36.8 Å². The van der Waals surface area contributed by atoms with E-state index in [-0.39, 0.29) is 17.8 Å². The quantitative estimate of drug-likeness (QED) is 0.500. The molecule has 8 heteroatoms. The maximum atomic E-state index is 12.8. The Morgan fingerprint density at radius 2 is 1.80 bits per heavy atom. The lowest BCUT2D eigenvalue weighted by molar-refractivity contribution is -0.129. The van der Waals surface area contributed by atoms with Crippen molar-refractivity contribution in [3.05, 3.63) is 65.4 Å².